The van der Waals surface area contributed by atoms with E-state index in [1.807, 2.05) is 24.3 Å². The molecule has 0 radical (unpaired) electrons. The van der Waals surface area contributed by atoms with Crippen molar-refractivity contribution in [3.63, 3.8) is 0 Å². The van der Waals surface area contributed by atoms with Gasteiger partial charge >= 0.3 is 0 Å². The Balaban J connectivity index is 1.43. The maximum atomic E-state index is 12.8. The van der Waals surface area contributed by atoms with Crippen LogP contribution in [0.15, 0.2) is 72.0 Å². The number of sulfonamides is 1. The standard InChI is InChI=1S/C20H21N5O2S/c26-28(27,17-6-2-1-3-7-17)25-12-9-16(10-13-25)18-14-21-15-20(23-18)24-19-8-4-5-11-22-19/h1-8,11,14-16H,9-10,12-13H2,(H,22,23,24). The summed E-state index contributed by atoms with van der Waals surface area (Å²) in [5, 5.41) is 3.15. The number of hydrogen-bond donors (Lipinski definition) is 1. The molecular formula is C20H21N5O2S. The van der Waals surface area contributed by atoms with Crippen LogP contribution < -0.4 is 5.32 Å². The van der Waals surface area contributed by atoms with Gasteiger partial charge in [0.15, 0.2) is 0 Å². The van der Waals surface area contributed by atoms with Crippen molar-refractivity contribution in [1.82, 2.24) is 19.3 Å². The van der Waals surface area contributed by atoms with E-state index in [-0.39, 0.29) is 5.92 Å². The van der Waals surface area contributed by atoms with Crippen LogP contribution in [0.4, 0.5) is 11.6 Å². The Morgan fingerprint density at radius 1 is 0.929 bits per heavy atom. The van der Waals surface area contributed by atoms with E-state index in [1.165, 1.54) is 0 Å². The molecule has 144 valence electrons. The van der Waals surface area contributed by atoms with Crippen molar-refractivity contribution in [1.29, 1.82) is 0 Å². The van der Waals surface area contributed by atoms with E-state index < -0.39 is 10.0 Å². The predicted molar refractivity (Wildman–Crippen MR) is 107 cm³/mol. The Hall–Kier alpha value is -2.84. The van der Waals surface area contributed by atoms with E-state index in [4.69, 9.17) is 0 Å². The summed E-state index contributed by atoms with van der Waals surface area (Å²) in [6, 6.07) is 14.2. The molecule has 4 rings (SSSR count). The maximum absolute atomic E-state index is 12.8. The number of anilines is 2. The zero-order valence-electron chi connectivity index (χ0n) is 15.3. The van der Waals surface area contributed by atoms with Gasteiger partial charge in [0.25, 0.3) is 0 Å². The average molecular weight is 395 g/mol. The van der Waals surface area contributed by atoms with E-state index in [2.05, 4.69) is 20.3 Å². The number of hydrogen-bond acceptors (Lipinski definition) is 6. The number of nitrogens with one attached hydrogen (secondary N) is 1. The molecule has 28 heavy (non-hydrogen) atoms. The van der Waals surface area contributed by atoms with Crippen LogP contribution in [0.3, 0.4) is 0 Å². The van der Waals surface area contributed by atoms with Crippen LogP contribution in [0.1, 0.15) is 24.5 Å². The first-order chi connectivity index (χ1) is 13.6. The molecule has 3 heterocycles. The summed E-state index contributed by atoms with van der Waals surface area (Å²) in [5.74, 6) is 1.52. The highest BCUT2D eigenvalue weighted by Gasteiger charge is 2.30. The van der Waals surface area contributed by atoms with Crippen LogP contribution in [0.25, 0.3) is 0 Å². The molecule has 0 aliphatic carbocycles. The van der Waals surface area contributed by atoms with Crippen molar-refractivity contribution in [2.75, 3.05) is 18.4 Å². The fourth-order valence-electron chi connectivity index (χ4n) is 3.34. The van der Waals surface area contributed by atoms with Gasteiger partial charge < -0.3 is 5.32 Å². The SMILES string of the molecule is O=S(=O)(c1ccccc1)N1CCC(c2cncc(Nc3ccccn3)n2)CC1. The molecule has 7 nitrogen and oxygen atoms in total. The van der Waals surface area contributed by atoms with E-state index in [1.54, 1.807) is 47.2 Å². The van der Waals surface area contributed by atoms with E-state index in [0.29, 0.717) is 42.5 Å². The monoisotopic (exact) mass is 395 g/mol. The van der Waals surface area contributed by atoms with Crippen LogP contribution >= 0.6 is 0 Å². The molecule has 0 amide bonds. The van der Waals surface area contributed by atoms with E-state index in [0.717, 1.165) is 5.69 Å². The summed E-state index contributed by atoms with van der Waals surface area (Å²) in [6.45, 7) is 0.947. The lowest BCUT2D eigenvalue weighted by atomic mass is 9.95. The average Bonchev–Trinajstić information content (AvgIpc) is 2.75. The van der Waals surface area contributed by atoms with Gasteiger partial charge in [-0.1, -0.05) is 24.3 Å². The van der Waals surface area contributed by atoms with Crippen LogP contribution in [0.2, 0.25) is 0 Å². The number of rotatable bonds is 5. The molecule has 2 aromatic heterocycles. The molecule has 8 heteroatoms. The van der Waals surface area contributed by atoms with Gasteiger partial charge in [0, 0.05) is 31.4 Å². The van der Waals surface area contributed by atoms with Gasteiger partial charge in [0.1, 0.15) is 11.6 Å². The molecule has 1 aromatic carbocycles. The Morgan fingerprint density at radius 2 is 1.68 bits per heavy atom. The van der Waals surface area contributed by atoms with Gasteiger partial charge in [0.05, 0.1) is 16.8 Å². The molecule has 3 aromatic rings. The van der Waals surface area contributed by atoms with Crippen molar-refractivity contribution in [3.05, 3.63) is 72.8 Å². The summed E-state index contributed by atoms with van der Waals surface area (Å²) in [7, 11) is -3.44. The minimum Gasteiger partial charge on any atom is -0.324 e. The molecule has 1 N–H and O–H groups in total. The molecule has 0 unspecified atom stereocenters. The van der Waals surface area contributed by atoms with Crippen LogP contribution in [0.5, 0.6) is 0 Å². The maximum Gasteiger partial charge on any atom is 0.243 e. The van der Waals surface area contributed by atoms with Gasteiger partial charge in [-0.2, -0.15) is 4.31 Å². The van der Waals surface area contributed by atoms with Gasteiger partial charge in [-0.15, -0.1) is 0 Å². The molecule has 1 saturated heterocycles. The molecule has 0 saturated carbocycles. The molecular weight excluding hydrogens is 374 g/mol. The minimum absolute atomic E-state index is 0.181. The normalized spacial score (nSPS) is 16.0. The van der Waals surface area contributed by atoms with Crippen molar-refractivity contribution < 1.29 is 8.42 Å². The lowest BCUT2D eigenvalue weighted by molar-refractivity contribution is 0.316. The number of pyridine rings is 1. The predicted octanol–water partition coefficient (Wildman–Crippen LogP) is 3.18. The first-order valence-corrected chi connectivity index (χ1v) is 10.6. The summed E-state index contributed by atoms with van der Waals surface area (Å²) in [4.78, 5) is 13.5. The third-order valence-electron chi connectivity index (χ3n) is 4.83. The van der Waals surface area contributed by atoms with Gasteiger partial charge in [-0.05, 0) is 37.1 Å². The third-order valence-corrected chi connectivity index (χ3v) is 6.74. The van der Waals surface area contributed by atoms with Crippen LogP contribution in [0, 0.1) is 0 Å². The second kappa shape index (κ2) is 8.04. The molecule has 0 spiro atoms. The van der Waals surface area contributed by atoms with Gasteiger partial charge in [-0.3, -0.25) is 4.98 Å². The quantitative estimate of drug-likeness (QED) is 0.714. The molecule has 0 atom stereocenters. The first-order valence-electron chi connectivity index (χ1n) is 9.18. The van der Waals surface area contributed by atoms with Gasteiger partial charge in [-0.25, -0.2) is 18.4 Å². The number of benzene rings is 1. The molecule has 1 aliphatic heterocycles. The fourth-order valence-corrected chi connectivity index (χ4v) is 4.83. The number of piperidine rings is 1. The second-order valence-electron chi connectivity index (χ2n) is 6.66. The third kappa shape index (κ3) is 4.02. The van der Waals surface area contributed by atoms with Crippen molar-refractivity contribution in [2.45, 2.75) is 23.7 Å². The van der Waals surface area contributed by atoms with E-state index in [9.17, 15) is 8.42 Å². The van der Waals surface area contributed by atoms with Crippen molar-refractivity contribution in [3.8, 4) is 0 Å². The molecule has 1 aliphatic rings. The summed E-state index contributed by atoms with van der Waals surface area (Å²) in [5.41, 5.74) is 0.873. The number of nitrogens with zero attached hydrogens (tertiary/aromatic N) is 4. The summed E-state index contributed by atoms with van der Waals surface area (Å²) >= 11 is 0. The molecule has 1 fully saturated rings. The van der Waals surface area contributed by atoms with Crippen molar-refractivity contribution in [2.24, 2.45) is 0 Å². The highest BCUT2D eigenvalue weighted by Crippen LogP contribution is 2.30. The summed E-state index contributed by atoms with van der Waals surface area (Å²) in [6.07, 6.45) is 6.56. The Labute approximate surface area is 164 Å². The van der Waals surface area contributed by atoms with Gasteiger partial charge in [0.2, 0.25) is 10.0 Å². The lowest BCUT2D eigenvalue weighted by Crippen LogP contribution is -2.38. The first kappa shape index (κ1) is 18.5. The smallest absolute Gasteiger partial charge is 0.243 e. The summed E-state index contributed by atoms with van der Waals surface area (Å²) < 4.78 is 27.1. The van der Waals surface area contributed by atoms with Crippen molar-refractivity contribution >= 4 is 21.7 Å². The Bertz CT molecular complexity index is 1020. The highest BCUT2D eigenvalue weighted by molar-refractivity contribution is 7.89. The van der Waals surface area contributed by atoms with Crippen LogP contribution in [-0.2, 0) is 10.0 Å². The zero-order chi connectivity index (χ0) is 19.4. The zero-order valence-corrected chi connectivity index (χ0v) is 16.1. The second-order valence-corrected chi connectivity index (χ2v) is 8.60. The number of aromatic nitrogens is 3. The lowest BCUT2D eigenvalue weighted by Gasteiger charge is -2.30. The Kier molecular flexibility index (Phi) is 5.31. The van der Waals surface area contributed by atoms with E-state index >= 15 is 0 Å². The topological polar surface area (TPSA) is 88.1 Å². The molecule has 0 bridgehead atoms. The fraction of sp³-hybridized carbons (Fsp3) is 0.250. The Morgan fingerprint density at radius 3 is 2.39 bits per heavy atom. The largest absolute Gasteiger partial charge is 0.324 e. The minimum atomic E-state index is -3.44. The van der Waals surface area contributed by atoms with Crippen LogP contribution in [-0.4, -0.2) is 40.8 Å². The highest BCUT2D eigenvalue weighted by atomic mass is 32.2.